The highest BCUT2D eigenvalue weighted by atomic mass is 32.2. The van der Waals surface area contributed by atoms with Crippen molar-refractivity contribution in [3.05, 3.63) is 34.0 Å². The van der Waals surface area contributed by atoms with E-state index in [0.29, 0.717) is 17.5 Å². The van der Waals surface area contributed by atoms with Crippen molar-refractivity contribution < 1.29 is 13.7 Å². The largest absolute Gasteiger partial charge is 0.493 e. The van der Waals surface area contributed by atoms with Gasteiger partial charge in [0, 0.05) is 33.9 Å². The van der Waals surface area contributed by atoms with Crippen molar-refractivity contribution in [2.24, 2.45) is 5.92 Å². The van der Waals surface area contributed by atoms with E-state index >= 15 is 0 Å². The predicted molar refractivity (Wildman–Crippen MR) is 168 cm³/mol. The van der Waals surface area contributed by atoms with E-state index in [1.807, 2.05) is 13.8 Å². The molecule has 6 nitrogen and oxygen atoms in total. The quantitative estimate of drug-likeness (QED) is 0.327. The standard InChI is InChI=1S/C33H47N3O3S2/c1-31(2,3)24-18-22(19-25-27(24)39-16-15-33(25)13-14-33)28-26(17-21-9-7-6-8-10-21)35-30(40-28)29(37)34-20-32(4,5)36-41(38)23-11-12-23/h18-19,21,23,36H,6-17,20H2,1-5H3,(H,34,37). The summed E-state index contributed by atoms with van der Waals surface area (Å²) >= 11 is 1.53. The molecule has 4 aliphatic rings. The van der Waals surface area contributed by atoms with Gasteiger partial charge in [0.2, 0.25) is 0 Å². The third-order valence-electron chi connectivity index (χ3n) is 9.40. The Hall–Kier alpha value is -1.77. The minimum atomic E-state index is -1.06. The second kappa shape index (κ2) is 11.1. The number of rotatable bonds is 9. The Labute approximate surface area is 252 Å². The summed E-state index contributed by atoms with van der Waals surface area (Å²) in [6.07, 6.45) is 12.9. The highest BCUT2D eigenvalue weighted by Gasteiger charge is 2.49. The molecule has 0 saturated heterocycles. The van der Waals surface area contributed by atoms with Crippen LogP contribution < -0.4 is 14.8 Å². The maximum atomic E-state index is 13.5. The van der Waals surface area contributed by atoms with Crippen molar-refractivity contribution >= 4 is 28.2 Å². The third kappa shape index (κ3) is 6.45. The number of ether oxygens (including phenoxy) is 1. The zero-order valence-corrected chi connectivity index (χ0v) is 27.1. The van der Waals surface area contributed by atoms with Gasteiger partial charge < -0.3 is 10.1 Å². The van der Waals surface area contributed by atoms with E-state index in [9.17, 15) is 9.00 Å². The van der Waals surface area contributed by atoms with Crippen LogP contribution in [0.25, 0.3) is 10.4 Å². The van der Waals surface area contributed by atoms with Gasteiger partial charge in [0.15, 0.2) is 5.01 Å². The lowest BCUT2D eigenvalue weighted by atomic mass is 9.79. The van der Waals surface area contributed by atoms with Gasteiger partial charge in [-0.15, -0.1) is 11.3 Å². The molecule has 2 N–H and O–H groups in total. The molecule has 1 spiro atoms. The van der Waals surface area contributed by atoms with Crippen LogP contribution in [0.3, 0.4) is 0 Å². The van der Waals surface area contributed by atoms with Crippen LogP contribution in [0.2, 0.25) is 0 Å². The molecule has 3 fully saturated rings. The molecule has 1 unspecified atom stereocenters. The monoisotopic (exact) mass is 597 g/mol. The Morgan fingerprint density at radius 2 is 1.80 bits per heavy atom. The zero-order valence-electron chi connectivity index (χ0n) is 25.5. The summed E-state index contributed by atoms with van der Waals surface area (Å²) in [7, 11) is -1.06. The van der Waals surface area contributed by atoms with Gasteiger partial charge >= 0.3 is 0 Å². The van der Waals surface area contributed by atoms with Crippen molar-refractivity contribution in [3.63, 3.8) is 0 Å². The summed E-state index contributed by atoms with van der Waals surface area (Å²) in [6, 6.07) is 4.69. The van der Waals surface area contributed by atoms with Gasteiger partial charge in [0.05, 0.1) is 28.2 Å². The summed E-state index contributed by atoms with van der Waals surface area (Å²) in [5.74, 6) is 1.58. The van der Waals surface area contributed by atoms with Gasteiger partial charge in [-0.25, -0.2) is 13.9 Å². The molecule has 2 heterocycles. The van der Waals surface area contributed by atoms with Crippen LogP contribution >= 0.6 is 11.3 Å². The van der Waals surface area contributed by atoms with Crippen molar-refractivity contribution in [2.45, 2.75) is 127 Å². The van der Waals surface area contributed by atoms with Gasteiger partial charge in [-0.3, -0.25) is 4.79 Å². The van der Waals surface area contributed by atoms with Crippen LogP contribution in [0.5, 0.6) is 5.75 Å². The fourth-order valence-electron chi connectivity index (χ4n) is 6.55. The molecule has 224 valence electrons. The lowest BCUT2D eigenvalue weighted by molar-refractivity contribution is 0.0944. The van der Waals surface area contributed by atoms with Gasteiger partial charge in [-0.2, -0.15) is 0 Å². The Balaban J connectivity index is 1.32. The maximum Gasteiger partial charge on any atom is 0.280 e. The number of benzene rings is 1. The number of hydrogen-bond donors (Lipinski definition) is 2. The first-order valence-electron chi connectivity index (χ1n) is 15.7. The van der Waals surface area contributed by atoms with Crippen molar-refractivity contribution in [3.8, 4) is 16.2 Å². The van der Waals surface area contributed by atoms with Crippen molar-refractivity contribution in [2.75, 3.05) is 13.2 Å². The number of nitrogens with one attached hydrogen (secondary N) is 2. The highest BCUT2D eigenvalue weighted by molar-refractivity contribution is 7.84. The Kier molecular flexibility index (Phi) is 7.90. The average Bonchev–Trinajstić information content (AvgIpc) is 3.86. The molecule has 3 aliphatic carbocycles. The molecule has 6 rings (SSSR count). The fraction of sp³-hybridized carbons (Fsp3) is 0.697. The van der Waals surface area contributed by atoms with E-state index in [1.165, 1.54) is 73.0 Å². The number of fused-ring (bicyclic) bond motifs is 2. The number of nitrogens with zero attached hydrogens (tertiary/aromatic N) is 1. The van der Waals surface area contributed by atoms with Gasteiger partial charge in [-0.05, 0) is 81.4 Å². The Bertz CT molecular complexity index is 1310. The summed E-state index contributed by atoms with van der Waals surface area (Å²) in [5.41, 5.74) is 4.63. The second-order valence-electron chi connectivity index (χ2n) is 14.7. The Morgan fingerprint density at radius 1 is 1.07 bits per heavy atom. The van der Waals surface area contributed by atoms with Gasteiger partial charge in [-0.1, -0.05) is 52.9 Å². The molecule has 1 atom stereocenters. The molecule has 41 heavy (non-hydrogen) atoms. The number of thiazole rings is 1. The zero-order chi connectivity index (χ0) is 29.0. The molecule has 0 radical (unpaired) electrons. The normalized spacial score (nSPS) is 21.3. The molecule has 8 heteroatoms. The molecule has 1 aromatic heterocycles. The van der Waals surface area contributed by atoms with Crippen molar-refractivity contribution in [1.29, 1.82) is 0 Å². The molecule has 1 aliphatic heterocycles. The fourth-order valence-corrected chi connectivity index (χ4v) is 8.89. The lowest BCUT2D eigenvalue weighted by Crippen LogP contribution is -2.50. The average molecular weight is 598 g/mol. The minimum Gasteiger partial charge on any atom is -0.493 e. The van der Waals surface area contributed by atoms with Crippen LogP contribution in [0, 0.1) is 5.92 Å². The van der Waals surface area contributed by atoms with E-state index < -0.39 is 16.5 Å². The maximum absolute atomic E-state index is 13.5. The van der Waals surface area contributed by atoms with Gasteiger partial charge in [0.25, 0.3) is 5.91 Å². The van der Waals surface area contributed by atoms with Gasteiger partial charge in [0.1, 0.15) is 5.75 Å². The Morgan fingerprint density at radius 3 is 2.46 bits per heavy atom. The molecular weight excluding hydrogens is 551 g/mol. The van der Waals surface area contributed by atoms with E-state index in [2.05, 4.69) is 42.9 Å². The summed E-state index contributed by atoms with van der Waals surface area (Å²) in [5, 5.41) is 3.88. The SMILES string of the molecule is CC(C)(CNC(=O)c1nc(CC2CCCCC2)c(-c2cc(C(C)(C)C)c3c(c2)C2(CCO3)CC2)s1)NS(=O)C1CC1. The number of amides is 1. The molecule has 2 aromatic rings. The second-order valence-corrected chi connectivity index (χ2v) is 17.2. The summed E-state index contributed by atoms with van der Waals surface area (Å²) < 4.78 is 22.0. The minimum absolute atomic E-state index is 0.0545. The topological polar surface area (TPSA) is 80.3 Å². The number of carbonyl (C=O) groups is 1. The van der Waals surface area contributed by atoms with Crippen LogP contribution in [-0.4, -0.2) is 39.0 Å². The molecular formula is C33H47N3O3S2. The van der Waals surface area contributed by atoms with Crippen LogP contribution in [0.15, 0.2) is 12.1 Å². The van der Waals surface area contributed by atoms with E-state index in [-0.39, 0.29) is 22.0 Å². The number of hydrogen-bond acceptors (Lipinski definition) is 5. The molecule has 1 aromatic carbocycles. The first-order valence-corrected chi connectivity index (χ1v) is 17.8. The van der Waals surface area contributed by atoms with Crippen LogP contribution in [-0.2, 0) is 28.2 Å². The predicted octanol–water partition coefficient (Wildman–Crippen LogP) is 6.97. The first kappa shape index (κ1) is 29.3. The summed E-state index contributed by atoms with van der Waals surface area (Å²) in [4.78, 5) is 19.7. The van der Waals surface area contributed by atoms with Crippen LogP contribution in [0.4, 0.5) is 0 Å². The number of aromatic nitrogens is 1. The smallest absolute Gasteiger partial charge is 0.280 e. The van der Waals surface area contributed by atoms with Crippen LogP contribution in [0.1, 0.15) is 125 Å². The third-order valence-corrected chi connectivity index (χ3v) is 12.4. The van der Waals surface area contributed by atoms with E-state index in [1.54, 1.807) is 0 Å². The number of carbonyl (C=O) groups excluding carboxylic acids is 1. The summed E-state index contributed by atoms with van der Waals surface area (Å²) in [6.45, 7) is 12.0. The lowest BCUT2D eigenvalue weighted by Gasteiger charge is -2.32. The highest BCUT2D eigenvalue weighted by Crippen LogP contribution is 2.58. The molecule has 3 saturated carbocycles. The van der Waals surface area contributed by atoms with E-state index in [0.717, 1.165) is 48.6 Å². The van der Waals surface area contributed by atoms with E-state index in [4.69, 9.17) is 9.72 Å². The van der Waals surface area contributed by atoms with Crippen molar-refractivity contribution in [1.82, 2.24) is 15.0 Å². The molecule has 0 bridgehead atoms. The molecule has 1 amide bonds. The first-order chi connectivity index (χ1) is 19.4.